The topological polar surface area (TPSA) is 56.6 Å². The minimum absolute atomic E-state index is 0.0947. The van der Waals surface area contributed by atoms with Crippen LogP contribution in [0, 0.1) is 6.92 Å². The van der Waals surface area contributed by atoms with Crippen LogP contribution in [0.2, 0.25) is 5.02 Å². The molecule has 0 saturated carbocycles. The number of hydrogen-bond acceptors (Lipinski definition) is 4. The molecule has 1 aliphatic rings. The van der Waals surface area contributed by atoms with Crippen molar-refractivity contribution in [2.45, 2.75) is 13.0 Å². The van der Waals surface area contributed by atoms with Crippen molar-refractivity contribution < 1.29 is 14.3 Å². The molecule has 1 atom stereocenters. The van der Waals surface area contributed by atoms with Gasteiger partial charge in [0.1, 0.15) is 0 Å². The number of hydrogen-bond donors (Lipinski definition) is 0. The smallest absolute Gasteiger partial charge is 0.274 e. The lowest BCUT2D eigenvalue weighted by Gasteiger charge is -2.32. The number of carbonyl (C=O) groups excluding carboxylic acids is 1. The van der Waals surface area contributed by atoms with Crippen LogP contribution < -0.4 is 0 Å². The fraction of sp³-hybridized carbons (Fsp3) is 0.412. The van der Waals surface area contributed by atoms with Crippen molar-refractivity contribution in [1.82, 2.24) is 14.7 Å². The first-order chi connectivity index (χ1) is 11.6. The highest BCUT2D eigenvalue weighted by atomic mass is 35.5. The summed E-state index contributed by atoms with van der Waals surface area (Å²) in [5.74, 6) is -0.0947. The normalized spacial score (nSPS) is 18.0. The second-order valence-corrected chi connectivity index (χ2v) is 6.16. The Labute approximate surface area is 145 Å². The summed E-state index contributed by atoms with van der Waals surface area (Å²) in [6.07, 6.45) is 1.72. The number of amides is 1. The number of benzene rings is 1. The van der Waals surface area contributed by atoms with Crippen LogP contribution >= 0.6 is 11.6 Å². The first-order valence-corrected chi connectivity index (χ1v) is 8.19. The zero-order valence-electron chi connectivity index (χ0n) is 13.7. The van der Waals surface area contributed by atoms with Gasteiger partial charge in [-0.2, -0.15) is 5.10 Å². The van der Waals surface area contributed by atoms with Crippen molar-refractivity contribution in [2.24, 2.45) is 0 Å². The lowest BCUT2D eigenvalue weighted by molar-refractivity contribution is -0.0532. The number of rotatable bonds is 4. The van der Waals surface area contributed by atoms with E-state index in [0.717, 1.165) is 11.3 Å². The zero-order valence-corrected chi connectivity index (χ0v) is 14.5. The predicted octanol–water partition coefficient (Wildman–Crippen LogP) is 2.32. The molecule has 0 bridgehead atoms. The van der Waals surface area contributed by atoms with Gasteiger partial charge in [-0.25, -0.2) is 4.68 Å². The molecule has 1 saturated heterocycles. The minimum atomic E-state index is -0.0985. The molecule has 1 unspecified atom stereocenters. The number of ether oxygens (including phenoxy) is 2. The molecule has 0 N–H and O–H groups in total. The summed E-state index contributed by atoms with van der Waals surface area (Å²) in [4.78, 5) is 14.6. The van der Waals surface area contributed by atoms with Gasteiger partial charge in [-0.15, -0.1) is 0 Å². The molecule has 1 fully saturated rings. The van der Waals surface area contributed by atoms with Crippen LogP contribution in [-0.4, -0.2) is 60.1 Å². The van der Waals surface area contributed by atoms with Crippen molar-refractivity contribution in [3.63, 3.8) is 0 Å². The summed E-state index contributed by atoms with van der Waals surface area (Å²) < 4.78 is 12.4. The maximum Gasteiger partial charge on any atom is 0.274 e. The van der Waals surface area contributed by atoms with Crippen LogP contribution in [0.4, 0.5) is 0 Å². The van der Waals surface area contributed by atoms with Crippen LogP contribution in [0.3, 0.4) is 0 Å². The number of methoxy groups -OCH3 is 1. The number of morpholine rings is 1. The summed E-state index contributed by atoms with van der Waals surface area (Å²) in [7, 11) is 1.62. The Balaban J connectivity index is 1.82. The third kappa shape index (κ3) is 3.45. The molecule has 1 amide bonds. The third-order valence-corrected chi connectivity index (χ3v) is 4.30. The van der Waals surface area contributed by atoms with E-state index in [-0.39, 0.29) is 12.0 Å². The van der Waals surface area contributed by atoms with E-state index in [4.69, 9.17) is 21.1 Å². The summed E-state index contributed by atoms with van der Waals surface area (Å²) >= 11 is 6.22. The Morgan fingerprint density at radius 2 is 2.25 bits per heavy atom. The average molecular weight is 350 g/mol. The second-order valence-electron chi connectivity index (χ2n) is 5.76. The van der Waals surface area contributed by atoms with Gasteiger partial charge in [0.25, 0.3) is 5.91 Å². The van der Waals surface area contributed by atoms with Gasteiger partial charge in [-0.05, 0) is 19.1 Å². The first kappa shape index (κ1) is 17.0. The third-order valence-electron chi connectivity index (χ3n) is 3.98. The Morgan fingerprint density at radius 3 is 3.00 bits per heavy atom. The van der Waals surface area contributed by atoms with E-state index in [2.05, 4.69) is 5.10 Å². The molecule has 3 rings (SSSR count). The quantitative estimate of drug-likeness (QED) is 0.850. The van der Waals surface area contributed by atoms with E-state index in [1.807, 2.05) is 31.3 Å². The molecule has 1 aromatic heterocycles. The van der Waals surface area contributed by atoms with Gasteiger partial charge in [-0.3, -0.25) is 4.79 Å². The van der Waals surface area contributed by atoms with Gasteiger partial charge < -0.3 is 14.4 Å². The Kier molecular flexibility index (Phi) is 5.18. The highest BCUT2D eigenvalue weighted by Crippen LogP contribution is 2.21. The molecule has 2 heterocycles. The average Bonchev–Trinajstić information content (AvgIpc) is 2.97. The molecule has 0 spiro atoms. The number of nitrogens with zero attached hydrogens (tertiary/aromatic N) is 3. The molecule has 128 valence electrons. The number of carbonyl (C=O) groups is 1. The number of aryl methyl sites for hydroxylation is 1. The number of para-hydroxylation sites is 1. The van der Waals surface area contributed by atoms with Gasteiger partial charge >= 0.3 is 0 Å². The monoisotopic (exact) mass is 349 g/mol. The SMILES string of the molecule is COCC1CN(C(=O)c2nn(-c3ccccc3Cl)cc2C)CCO1. The van der Waals surface area contributed by atoms with Gasteiger partial charge in [0, 0.05) is 32.0 Å². The van der Waals surface area contributed by atoms with Crippen molar-refractivity contribution in [3.8, 4) is 5.69 Å². The highest BCUT2D eigenvalue weighted by molar-refractivity contribution is 6.32. The van der Waals surface area contributed by atoms with Crippen LogP contribution in [0.25, 0.3) is 5.69 Å². The van der Waals surface area contributed by atoms with E-state index in [9.17, 15) is 4.79 Å². The summed E-state index contributed by atoms with van der Waals surface area (Å²) in [6, 6.07) is 7.41. The molecule has 7 heteroatoms. The lowest BCUT2D eigenvalue weighted by Crippen LogP contribution is -2.47. The van der Waals surface area contributed by atoms with E-state index < -0.39 is 0 Å². The van der Waals surface area contributed by atoms with E-state index in [0.29, 0.717) is 37.0 Å². The van der Waals surface area contributed by atoms with Crippen LogP contribution in [-0.2, 0) is 9.47 Å². The second kappa shape index (κ2) is 7.34. The Morgan fingerprint density at radius 1 is 1.46 bits per heavy atom. The molecule has 0 radical (unpaired) electrons. The van der Waals surface area contributed by atoms with Gasteiger partial charge in [-0.1, -0.05) is 23.7 Å². The van der Waals surface area contributed by atoms with E-state index in [1.54, 1.807) is 22.8 Å². The largest absolute Gasteiger partial charge is 0.382 e. The molecular weight excluding hydrogens is 330 g/mol. The maximum atomic E-state index is 12.8. The van der Waals surface area contributed by atoms with Gasteiger partial charge in [0.15, 0.2) is 5.69 Å². The van der Waals surface area contributed by atoms with Crippen LogP contribution in [0.1, 0.15) is 16.1 Å². The van der Waals surface area contributed by atoms with Gasteiger partial charge in [0.2, 0.25) is 0 Å². The van der Waals surface area contributed by atoms with Crippen LogP contribution in [0.15, 0.2) is 30.5 Å². The van der Waals surface area contributed by atoms with Crippen LogP contribution in [0.5, 0.6) is 0 Å². The molecule has 24 heavy (non-hydrogen) atoms. The Hall–Kier alpha value is -1.89. The zero-order chi connectivity index (χ0) is 17.1. The molecule has 2 aromatic rings. The Bertz CT molecular complexity index is 730. The molecule has 1 aliphatic heterocycles. The fourth-order valence-electron chi connectivity index (χ4n) is 2.77. The highest BCUT2D eigenvalue weighted by Gasteiger charge is 2.27. The predicted molar refractivity (Wildman–Crippen MR) is 90.8 cm³/mol. The van der Waals surface area contributed by atoms with Gasteiger partial charge in [0.05, 0.1) is 30.0 Å². The van der Waals surface area contributed by atoms with E-state index >= 15 is 0 Å². The number of halogens is 1. The van der Waals surface area contributed by atoms with Crippen molar-refractivity contribution in [2.75, 3.05) is 33.4 Å². The molecule has 1 aromatic carbocycles. The van der Waals surface area contributed by atoms with Crippen molar-refractivity contribution in [1.29, 1.82) is 0 Å². The van der Waals surface area contributed by atoms with Crippen molar-refractivity contribution >= 4 is 17.5 Å². The van der Waals surface area contributed by atoms with E-state index in [1.165, 1.54) is 0 Å². The lowest BCUT2D eigenvalue weighted by atomic mass is 10.2. The maximum absolute atomic E-state index is 12.8. The molecule has 6 nitrogen and oxygen atoms in total. The molecular formula is C17H20ClN3O3. The summed E-state index contributed by atoms with van der Waals surface area (Å²) in [6.45, 7) is 3.91. The number of aromatic nitrogens is 2. The fourth-order valence-corrected chi connectivity index (χ4v) is 3.00. The standard InChI is InChI=1S/C17H20ClN3O3/c1-12-9-21(15-6-4-3-5-14(15)18)19-16(12)17(22)20-7-8-24-13(10-20)11-23-2/h3-6,9,13H,7-8,10-11H2,1-2H3. The molecule has 0 aliphatic carbocycles. The first-order valence-electron chi connectivity index (χ1n) is 7.81. The van der Waals surface area contributed by atoms with Crippen molar-refractivity contribution in [3.05, 3.63) is 46.7 Å². The summed E-state index contributed by atoms with van der Waals surface area (Å²) in [5.41, 5.74) is 2.00. The minimum Gasteiger partial charge on any atom is -0.382 e. The summed E-state index contributed by atoms with van der Waals surface area (Å²) in [5, 5.41) is 5.04.